The molecule has 51 heavy (non-hydrogen) atoms. The van der Waals surface area contributed by atoms with Crippen LogP contribution in [-0.4, -0.2) is 51.8 Å². The van der Waals surface area contributed by atoms with E-state index in [1.807, 2.05) is 0 Å². The maximum absolute atomic E-state index is 14.5. The number of hydrogen-bond donors (Lipinski definition) is 0. The van der Waals surface area contributed by atoms with Crippen molar-refractivity contribution < 1.29 is 9.53 Å². The Kier molecular flexibility index (Phi) is 13.7. The molecule has 3 aromatic rings. The van der Waals surface area contributed by atoms with Crippen molar-refractivity contribution in [3.63, 3.8) is 0 Å². The summed E-state index contributed by atoms with van der Waals surface area (Å²) >= 11 is 0. The van der Waals surface area contributed by atoms with Gasteiger partial charge in [-0.3, -0.25) is 4.79 Å². The van der Waals surface area contributed by atoms with E-state index in [1.165, 1.54) is 50.4 Å². The first-order valence-electron chi connectivity index (χ1n) is 20.1. The Labute approximate surface area is 311 Å². The van der Waals surface area contributed by atoms with E-state index < -0.39 is 10.8 Å². The van der Waals surface area contributed by atoms with Crippen molar-refractivity contribution >= 4 is 23.0 Å². The molecule has 0 aliphatic heterocycles. The summed E-state index contributed by atoms with van der Waals surface area (Å²) in [4.78, 5) is 21.8. The van der Waals surface area contributed by atoms with E-state index in [9.17, 15) is 4.79 Å². The van der Waals surface area contributed by atoms with Crippen LogP contribution in [0.1, 0.15) is 121 Å². The zero-order valence-electron chi connectivity index (χ0n) is 34.3. The summed E-state index contributed by atoms with van der Waals surface area (Å²) in [5.74, 6) is 1.26. The molecule has 1 fully saturated rings. The van der Waals surface area contributed by atoms with Crippen LogP contribution in [0, 0.1) is 38.0 Å². The number of aryl methyl sites for hydroxylation is 3. The van der Waals surface area contributed by atoms with Crippen molar-refractivity contribution in [3.8, 4) is 0 Å². The quantitative estimate of drug-likeness (QED) is 0.110. The molecule has 3 aromatic carbocycles. The van der Waals surface area contributed by atoms with E-state index in [2.05, 4.69) is 152 Å². The molecule has 0 amide bonds. The summed E-state index contributed by atoms with van der Waals surface area (Å²) in [6.45, 7) is 32.6. The first-order valence-corrected chi connectivity index (χ1v) is 20.1. The lowest BCUT2D eigenvalue weighted by Gasteiger charge is -2.42. The number of nitrogens with zero attached hydrogens (tertiary/aromatic N) is 3. The lowest BCUT2D eigenvalue weighted by atomic mass is 9.65. The van der Waals surface area contributed by atoms with Gasteiger partial charge in [0.1, 0.15) is 6.61 Å². The van der Waals surface area contributed by atoms with E-state index >= 15 is 0 Å². The van der Waals surface area contributed by atoms with Crippen LogP contribution < -0.4 is 14.7 Å². The Hall–Kier alpha value is -3.47. The van der Waals surface area contributed by atoms with Gasteiger partial charge in [0.15, 0.2) is 0 Å². The minimum Gasteiger partial charge on any atom is -0.464 e. The highest BCUT2D eigenvalue weighted by atomic mass is 16.5. The van der Waals surface area contributed by atoms with Crippen LogP contribution in [0.4, 0.5) is 17.1 Å². The van der Waals surface area contributed by atoms with Gasteiger partial charge < -0.3 is 19.4 Å². The summed E-state index contributed by atoms with van der Waals surface area (Å²) in [5.41, 5.74) is 9.57. The summed E-state index contributed by atoms with van der Waals surface area (Å²) in [7, 11) is 0. The molecule has 0 radical (unpaired) electrons. The van der Waals surface area contributed by atoms with E-state index in [1.54, 1.807) is 0 Å². The van der Waals surface area contributed by atoms with E-state index in [0.717, 1.165) is 65.0 Å². The van der Waals surface area contributed by atoms with Crippen molar-refractivity contribution in [1.82, 2.24) is 0 Å². The number of ether oxygens (including phenoxy) is 1. The fourth-order valence-electron chi connectivity index (χ4n) is 8.73. The molecule has 1 aliphatic carbocycles. The Morgan fingerprint density at radius 1 is 0.667 bits per heavy atom. The lowest BCUT2D eigenvalue weighted by molar-refractivity contribution is -0.158. The molecule has 0 atom stereocenters. The first-order chi connectivity index (χ1) is 24.3. The van der Waals surface area contributed by atoms with Gasteiger partial charge in [0.25, 0.3) is 0 Å². The van der Waals surface area contributed by atoms with Crippen LogP contribution >= 0.6 is 0 Å². The van der Waals surface area contributed by atoms with Gasteiger partial charge in [-0.25, -0.2) is 0 Å². The number of rotatable bonds is 16. The van der Waals surface area contributed by atoms with Crippen molar-refractivity contribution in [2.75, 3.05) is 60.6 Å². The van der Waals surface area contributed by atoms with Crippen LogP contribution in [0.15, 0.2) is 54.6 Å². The molecule has 1 saturated carbocycles. The molecular formula is C46H69N3O2. The molecule has 0 N–H and O–H groups in total. The zero-order valence-corrected chi connectivity index (χ0v) is 34.3. The predicted molar refractivity (Wildman–Crippen MR) is 220 cm³/mol. The van der Waals surface area contributed by atoms with Crippen LogP contribution in [0.3, 0.4) is 0 Å². The summed E-state index contributed by atoms with van der Waals surface area (Å²) in [5, 5.41) is 0. The zero-order chi connectivity index (χ0) is 37.5. The smallest absolute Gasteiger partial charge is 0.311 e. The summed E-state index contributed by atoms with van der Waals surface area (Å²) in [6.07, 6.45) is 3.92. The molecule has 0 heterocycles. The molecule has 0 unspecified atom stereocenters. The topological polar surface area (TPSA) is 36.0 Å². The van der Waals surface area contributed by atoms with Crippen molar-refractivity contribution in [2.24, 2.45) is 17.3 Å². The second-order valence-electron chi connectivity index (χ2n) is 15.6. The second-order valence-corrected chi connectivity index (χ2v) is 15.6. The average molecular weight is 696 g/mol. The largest absolute Gasteiger partial charge is 0.464 e. The Balaban J connectivity index is 2.08. The highest BCUT2D eigenvalue weighted by molar-refractivity contribution is 5.77. The van der Waals surface area contributed by atoms with Gasteiger partial charge in [-0.1, -0.05) is 32.0 Å². The molecule has 1 aliphatic rings. The minimum absolute atomic E-state index is 0.0540. The third-order valence-corrected chi connectivity index (χ3v) is 12.4. The number of carbonyl (C=O) groups is 1. The molecule has 4 rings (SSSR count). The van der Waals surface area contributed by atoms with Gasteiger partial charge >= 0.3 is 5.97 Å². The number of benzene rings is 3. The first kappa shape index (κ1) is 40.3. The van der Waals surface area contributed by atoms with Crippen LogP contribution in [0.25, 0.3) is 0 Å². The highest BCUT2D eigenvalue weighted by Gasteiger charge is 2.45. The predicted octanol–water partition coefficient (Wildman–Crippen LogP) is 10.9. The van der Waals surface area contributed by atoms with Gasteiger partial charge in [0, 0.05) is 56.3 Å². The number of hydrogen-bond acceptors (Lipinski definition) is 5. The van der Waals surface area contributed by atoms with Gasteiger partial charge in [-0.2, -0.15) is 0 Å². The fourth-order valence-corrected chi connectivity index (χ4v) is 8.73. The number of esters is 1. The van der Waals surface area contributed by atoms with Crippen molar-refractivity contribution in [3.05, 3.63) is 88.0 Å². The van der Waals surface area contributed by atoms with Crippen molar-refractivity contribution in [2.45, 2.75) is 114 Å². The molecule has 0 aromatic heterocycles. The number of anilines is 3. The van der Waals surface area contributed by atoms with Crippen LogP contribution in [0.2, 0.25) is 0 Å². The third-order valence-electron chi connectivity index (χ3n) is 12.4. The Morgan fingerprint density at radius 3 is 1.29 bits per heavy atom. The van der Waals surface area contributed by atoms with Gasteiger partial charge in [-0.15, -0.1) is 0 Å². The Bertz CT molecular complexity index is 1440. The van der Waals surface area contributed by atoms with E-state index in [4.69, 9.17) is 4.74 Å². The Morgan fingerprint density at radius 2 is 1.00 bits per heavy atom. The summed E-state index contributed by atoms with van der Waals surface area (Å²) < 4.78 is 6.85. The van der Waals surface area contributed by atoms with Crippen molar-refractivity contribution in [1.29, 1.82) is 0 Å². The highest BCUT2D eigenvalue weighted by Crippen LogP contribution is 2.48. The lowest BCUT2D eigenvalue weighted by Crippen LogP contribution is -2.42. The second kappa shape index (κ2) is 17.4. The normalized spacial score (nSPS) is 17.8. The number of carbonyl (C=O) groups excluding carboxylic acids is 1. The molecule has 0 spiro atoms. The van der Waals surface area contributed by atoms with Gasteiger partial charge in [0.2, 0.25) is 0 Å². The maximum Gasteiger partial charge on any atom is 0.311 e. The molecular weight excluding hydrogens is 627 g/mol. The minimum atomic E-state index is -0.755. The molecule has 5 heteroatoms. The maximum atomic E-state index is 14.5. The molecule has 280 valence electrons. The molecule has 0 saturated heterocycles. The fraction of sp³-hybridized carbons (Fsp3) is 0.587. The SMILES string of the molecule is CCN(CC)c1ccc(C)c(C(COC(=O)C2(C)CCC(C(C)C)CC2)(c2cc(N(CC)CC)ccc2C)c2cc(N(CC)CC)ccc2C)c1. The van der Waals surface area contributed by atoms with E-state index in [0.29, 0.717) is 11.8 Å². The standard InChI is InChI=1S/C46H69N3O2/c1-13-47(14-2)38-22-19-34(9)41(29-38)46(42-30-39(23-20-35(42)10)48(15-3)16-4,43-31-40(24-21-36(43)11)49(17-5)18-6)32-51-44(50)45(12)27-25-37(26-28-45)33(7)8/h19-24,29-31,33,37H,13-18,25-28,32H2,1-12H3. The van der Waals surface area contributed by atoms with Crippen LogP contribution in [0.5, 0.6) is 0 Å². The van der Waals surface area contributed by atoms with Crippen LogP contribution in [-0.2, 0) is 14.9 Å². The third kappa shape index (κ3) is 8.28. The monoisotopic (exact) mass is 696 g/mol. The summed E-state index contributed by atoms with van der Waals surface area (Å²) in [6, 6.07) is 20.8. The molecule has 0 bridgehead atoms. The van der Waals surface area contributed by atoms with Gasteiger partial charge in [0.05, 0.1) is 10.8 Å². The molecule has 5 nitrogen and oxygen atoms in total. The average Bonchev–Trinajstić information content (AvgIpc) is 3.13. The van der Waals surface area contributed by atoms with E-state index in [-0.39, 0.29) is 12.6 Å². The van der Waals surface area contributed by atoms with Gasteiger partial charge in [-0.05, 0) is 177 Å².